The average molecular weight is 336 g/mol. The second-order valence-corrected chi connectivity index (χ2v) is 6.91. The van der Waals surface area contributed by atoms with Crippen LogP contribution in [-0.2, 0) is 14.4 Å². The van der Waals surface area contributed by atoms with Crippen LogP contribution in [0.2, 0.25) is 0 Å². The van der Waals surface area contributed by atoms with Gasteiger partial charge in [0.15, 0.2) is 0 Å². The van der Waals surface area contributed by atoms with Crippen LogP contribution in [0.5, 0.6) is 0 Å². The molecule has 1 saturated carbocycles. The first kappa shape index (κ1) is 14.4. The standard InChI is InChI=1S/C18H16N4O3/c23-13(21-18-19-11-3-1-2-4-12(11)20-18)8-22-16(24)14-9-5-6-10(7-9)15(14)17(22)25/h1-6,9-10,14-15H,7-8H2,(H2,19,20,21,23)/t9-,10-,14-,15+/m0/s1. The van der Waals surface area contributed by atoms with E-state index in [0.29, 0.717) is 5.95 Å². The topological polar surface area (TPSA) is 95.2 Å². The average Bonchev–Trinajstić information content (AvgIpc) is 3.34. The molecule has 1 aromatic carbocycles. The number of likely N-dealkylation sites (tertiary alicyclic amines) is 1. The summed E-state index contributed by atoms with van der Waals surface area (Å²) in [4.78, 5) is 45.8. The normalized spacial score (nSPS) is 29.7. The monoisotopic (exact) mass is 336 g/mol. The highest BCUT2D eigenvalue weighted by molar-refractivity contribution is 6.09. The highest BCUT2D eigenvalue weighted by Gasteiger charge is 2.59. The van der Waals surface area contributed by atoms with Crippen molar-refractivity contribution < 1.29 is 14.4 Å². The maximum atomic E-state index is 12.6. The zero-order valence-corrected chi connectivity index (χ0v) is 13.3. The number of H-pyrrole nitrogens is 1. The number of para-hydroxylation sites is 2. The molecule has 126 valence electrons. The lowest BCUT2D eigenvalue weighted by Gasteiger charge is -2.16. The van der Waals surface area contributed by atoms with Crippen LogP contribution in [0.3, 0.4) is 0 Å². The van der Waals surface area contributed by atoms with Gasteiger partial charge in [-0.1, -0.05) is 24.3 Å². The SMILES string of the molecule is O=C(CN1C(=O)[C@@H]2[C@H](C1=O)[C@H]1C=C[C@H]2C1)Nc1nc2ccccc2[nH]1. The van der Waals surface area contributed by atoms with Crippen molar-refractivity contribution in [2.24, 2.45) is 23.7 Å². The summed E-state index contributed by atoms with van der Waals surface area (Å²) in [6, 6.07) is 7.42. The Morgan fingerprint density at radius 3 is 2.52 bits per heavy atom. The lowest BCUT2D eigenvalue weighted by Crippen LogP contribution is -2.39. The first-order valence-electron chi connectivity index (χ1n) is 8.40. The molecule has 2 aromatic rings. The molecule has 2 aliphatic carbocycles. The van der Waals surface area contributed by atoms with Gasteiger partial charge in [-0.15, -0.1) is 0 Å². The molecule has 1 saturated heterocycles. The van der Waals surface area contributed by atoms with E-state index in [9.17, 15) is 14.4 Å². The van der Waals surface area contributed by atoms with Gasteiger partial charge in [0.05, 0.1) is 22.9 Å². The number of allylic oxidation sites excluding steroid dienone is 2. The number of nitrogens with one attached hydrogen (secondary N) is 2. The molecule has 3 aliphatic rings. The van der Waals surface area contributed by atoms with E-state index in [2.05, 4.69) is 15.3 Å². The molecular formula is C18H16N4O3. The van der Waals surface area contributed by atoms with Gasteiger partial charge >= 0.3 is 0 Å². The highest BCUT2D eigenvalue weighted by Crippen LogP contribution is 2.52. The Bertz CT molecular complexity index is 884. The molecule has 2 fully saturated rings. The Hall–Kier alpha value is -2.96. The van der Waals surface area contributed by atoms with E-state index in [-0.39, 0.29) is 42.0 Å². The number of hydrogen-bond acceptors (Lipinski definition) is 4. The van der Waals surface area contributed by atoms with Crippen molar-refractivity contribution in [1.29, 1.82) is 0 Å². The second kappa shape index (κ2) is 5.02. The maximum absolute atomic E-state index is 12.6. The van der Waals surface area contributed by atoms with Crippen molar-refractivity contribution in [2.45, 2.75) is 6.42 Å². The summed E-state index contributed by atoms with van der Waals surface area (Å²) < 4.78 is 0. The van der Waals surface area contributed by atoms with Crippen LogP contribution < -0.4 is 5.32 Å². The number of carbonyl (C=O) groups excluding carboxylic acids is 3. The van der Waals surface area contributed by atoms with Crippen molar-refractivity contribution in [3.05, 3.63) is 36.4 Å². The van der Waals surface area contributed by atoms with Gasteiger partial charge < -0.3 is 4.98 Å². The van der Waals surface area contributed by atoms with E-state index in [4.69, 9.17) is 0 Å². The number of benzene rings is 1. The van der Waals surface area contributed by atoms with E-state index >= 15 is 0 Å². The molecule has 7 heteroatoms. The van der Waals surface area contributed by atoms with E-state index < -0.39 is 5.91 Å². The summed E-state index contributed by atoms with van der Waals surface area (Å²) in [6.07, 6.45) is 4.95. The maximum Gasteiger partial charge on any atom is 0.246 e. The fraction of sp³-hybridized carbons (Fsp3) is 0.333. The van der Waals surface area contributed by atoms with Crippen LogP contribution >= 0.6 is 0 Å². The molecule has 2 N–H and O–H groups in total. The fourth-order valence-electron chi connectivity index (χ4n) is 4.45. The molecule has 0 spiro atoms. The third kappa shape index (κ3) is 2.05. The van der Waals surface area contributed by atoms with Crippen LogP contribution in [0, 0.1) is 23.7 Å². The quantitative estimate of drug-likeness (QED) is 0.652. The van der Waals surface area contributed by atoms with E-state index in [1.165, 1.54) is 0 Å². The molecule has 0 radical (unpaired) electrons. The molecule has 5 rings (SSSR count). The van der Waals surface area contributed by atoms with Gasteiger partial charge in [0, 0.05) is 0 Å². The van der Waals surface area contributed by atoms with Crippen LogP contribution in [0.25, 0.3) is 11.0 Å². The molecular weight excluding hydrogens is 320 g/mol. The third-order valence-corrected chi connectivity index (χ3v) is 5.51. The number of fused-ring (bicyclic) bond motifs is 6. The number of rotatable bonds is 3. The minimum absolute atomic E-state index is 0.148. The van der Waals surface area contributed by atoms with Crippen molar-refractivity contribution in [3.8, 4) is 0 Å². The number of imidazole rings is 1. The van der Waals surface area contributed by atoms with Gasteiger partial charge in [-0.3, -0.25) is 24.6 Å². The second-order valence-electron chi connectivity index (χ2n) is 6.91. The number of hydrogen-bond donors (Lipinski definition) is 2. The van der Waals surface area contributed by atoms with E-state index in [0.717, 1.165) is 22.4 Å². The van der Waals surface area contributed by atoms with Gasteiger partial charge in [-0.2, -0.15) is 0 Å². The number of aromatic nitrogens is 2. The molecule has 7 nitrogen and oxygen atoms in total. The van der Waals surface area contributed by atoms with Crippen LogP contribution in [-0.4, -0.2) is 39.1 Å². The van der Waals surface area contributed by atoms with Crippen molar-refractivity contribution >= 4 is 34.7 Å². The Morgan fingerprint density at radius 2 is 1.84 bits per heavy atom. The smallest absolute Gasteiger partial charge is 0.246 e. The number of aromatic amines is 1. The lowest BCUT2D eigenvalue weighted by molar-refractivity contribution is -0.143. The fourth-order valence-corrected chi connectivity index (χ4v) is 4.45. The molecule has 4 atom stereocenters. The van der Waals surface area contributed by atoms with Crippen molar-refractivity contribution in [2.75, 3.05) is 11.9 Å². The van der Waals surface area contributed by atoms with Crippen LogP contribution in [0.4, 0.5) is 5.95 Å². The van der Waals surface area contributed by atoms with Gasteiger partial charge in [0.2, 0.25) is 23.7 Å². The minimum atomic E-state index is -0.430. The van der Waals surface area contributed by atoms with Crippen LogP contribution in [0.15, 0.2) is 36.4 Å². The van der Waals surface area contributed by atoms with Gasteiger partial charge in [0.25, 0.3) is 0 Å². The molecule has 2 heterocycles. The van der Waals surface area contributed by atoms with E-state index in [1.807, 2.05) is 36.4 Å². The molecule has 3 amide bonds. The van der Waals surface area contributed by atoms with Crippen LogP contribution in [0.1, 0.15) is 6.42 Å². The Kier molecular flexibility index (Phi) is 2.89. The van der Waals surface area contributed by atoms with Gasteiger partial charge in [-0.05, 0) is 30.4 Å². The van der Waals surface area contributed by atoms with E-state index in [1.54, 1.807) is 0 Å². The Labute approximate surface area is 143 Å². The molecule has 0 unspecified atom stereocenters. The number of amides is 3. The summed E-state index contributed by atoms with van der Waals surface area (Å²) in [5, 5.41) is 2.64. The van der Waals surface area contributed by atoms with Gasteiger partial charge in [-0.25, -0.2) is 4.98 Å². The summed E-state index contributed by atoms with van der Waals surface area (Å²) in [5.41, 5.74) is 1.55. The molecule has 1 aliphatic heterocycles. The van der Waals surface area contributed by atoms with Crippen molar-refractivity contribution in [1.82, 2.24) is 14.9 Å². The lowest BCUT2D eigenvalue weighted by atomic mass is 9.85. The highest BCUT2D eigenvalue weighted by atomic mass is 16.2. The summed E-state index contributed by atoms with van der Waals surface area (Å²) >= 11 is 0. The summed E-state index contributed by atoms with van der Waals surface area (Å²) in [5.74, 6) is -0.806. The number of anilines is 1. The summed E-state index contributed by atoms with van der Waals surface area (Å²) in [7, 11) is 0. The number of carbonyl (C=O) groups is 3. The molecule has 25 heavy (non-hydrogen) atoms. The predicted octanol–water partition coefficient (Wildman–Crippen LogP) is 1.31. The summed E-state index contributed by atoms with van der Waals surface area (Å²) in [6.45, 7) is -0.263. The first-order valence-corrected chi connectivity index (χ1v) is 8.40. The molecule has 1 aromatic heterocycles. The largest absolute Gasteiger partial charge is 0.324 e. The first-order chi connectivity index (χ1) is 12.1. The minimum Gasteiger partial charge on any atom is -0.324 e. The van der Waals surface area contributed by atoms with Crippen molar-refractivity contribution in [3.63, 3.8) is 0 Å². The predicted molar refractivity (Wildman–Crippen MR) is 89.2 cm³/mol. The number of nitrogens with zero attached hydrogens (tertiary/aromatic N) is 2. The Balaban J connectivity index is 1.31. The third-order valence-electron chi connectivity index (χ3n) is 5.51. The van der Waals surface area contributed by atoms with Gasteiger partial charge in [0.1, 0.15) is 6.54 Å². The zero-order chi connectivity index (χ0) is 17.1. The Morgan fingerprint density at radius 1 is 1.16 bits per heavy atom. The number of imide groups is 1. The molecule has 2 bridgehead atoms. The zero-order valence-electron chi connectivity index (χ0n) is 13.3.